The van der Waals surface area contributed by atoms with Crippen LogP contribution in [0.4, 0.5) is 0 Å². The van der Waals surface area contributed by atoms with Gasteiger partial charge in [0.2, 0.25) is 0 Å². The molecule has 0 spiro atoms. The zero-order valence-corrected chi connectivity index (χ0v) is 11.9. The highest BCUT2D eigenvalue weighted by atomic mass is 15.2. The smallest absolute Gasteiger partial charge is 0.0124 e. The lowest BCUT2D eigenvalue weighted by Crippen LogP contribution is -2.42. The van der Waals surface area contributed by atoms with Crippen molar-refractivity contribution in [1.29, 1.82) is 0 Å². The van der Waals surface area contributed by atoms with E-state index in [4.69, 9.17) is 0 Å². The lowest BCUT2D eigenvalue weighted by Gasteiger charge is -2.28. The zero-order valence-electron chi connectivity index (χ0n) is 11.9. The molecule has 2 nitrogen and oxygen atoms in total. The van der Waals surface area contributed by atoms with E-state index in [0.717, 1.165) is 23.9 Å². The van der Waals surface area contributed by atoms with E-state index in [0.29, 0.717) is 0 Å². The molecule has 2 aliphatic rings. The van der Waals surface area contributed by atoms with Crippen LogP contribution in [0.15, 0.2) is 0 Å². The Labute approximate surface area is 107 Å². The Morgan fingerprint density at radius 1 is 1.12 bits per heavy atom. The van der Waals surface area contributed by atoms with Gasteiger partial charge >= 0.3 is 0 Å². The Kier molecular flexibility index (Phi) is 4.87. The summed E-state index contributed by atoms with van der Waals surface area (Å²) in [4.78, 5) is 2.60. The molecule has 1 atom stereocenters. The fourth-order valence-corrected chi connectivity index (χ4v) is 2.95. The van der Waals surface area contributed by atoms with Crippen LogP contribution >= 0.6 is 0 Å². The largest absolute Gasteiger partial charge is 0.312 e. The van der Waals surface area contributed by atoms with Gasteiger partial charge in [-0.05, 0) is 57.4 Å². The highest BCUT2D eigenvalue weighted by Crippen LogP contribution is 2.44. The van der Waals surface area contributed by atoms with E-state index < -0.39 is 0 Å². The first-order valence-corrected chi connectivity index (χ1v) is 7.73. The maximum Gasteiger partial charge on any atom is 0.0124 e. The molecule has 0 aromatic carbocycles. The Hall–Kier alpha value is -0.0800. The highest BCUT2D eigenvalue weighted by molar-refractivity contribution is 4.96. The van der Waals surface area contributed by atoms with E-state index in [1.807, 2.05) is 0 Å². The SMILES string of the molecule is CCC(C)N(CC)CCNC(C1CC1)C1CC1. The van der Waals surface area contributed by atoms with Crippen molar-refractivity contribution in [2.75, 3.05) is 19.6 Å². The van der Waals surface area contributed by atoms with E-state index in [1.165, 1.54) is 51.7 Å². The molecule has 0 aromatic rings. The van der Waals surface area contributed by atoms with Crippen LogP contribution in [0.2, 0.25) is 0 Å². The molecule has 0 heterocycles. The number of nitrogens with one attached hydrogen (secondary N) is 1. The Balaban J connectivity index is 1.66. The second-order valence-electron chi connectivity index (χ2n) is 6.04. The van der Waals surface area contributed by atoms with E-state index >= 15 is 0 Å². The van der Waals surface area contributed by atoms with Gasteiger partial charge < -0.3 is 5.32 Å². The lowest BCUT2D eigenvalue weighted by atomic mass is 10.1. The predicted octanol–water partition coefficient (Wildman–Crippen LogP) is 2.89. The quantitative estimate of drug-likeness (QED) is 0.664. The van der Waals surface area contributed by atoms with Gasteiger partial charge in [-0.2, -0.15) is 0 Å². The summed E-state index contributed by atoms with van der Waals surface area (Å²) in [5.74, 6) is 2.06. The first-order chi connectivity index (χ1) is 8.26. The second kappa shape index (κ2) is 6.19. The summed E-state index contributed by atoms with van der Waals surface area (Å²) in [6, 6.07) is 1.60. The van der Waals surface area contributed by atoms with Crippen molar-refractivity contribution in [2.45, 2.75) is 65.0 Å². The van der Waals surface area contributed by atoms with Crippen molar-refractivity contribution < 1.29 is 0 Å². The number of nitrogens with zero attached hydrogens (tertiary/aromatic N) is 1. The molecule has 2 rings (SSSR count). The topological polar surface area (TPSA) is 15.3 Å². The van der Waals surface area contributed by atoms with Crippen LogP contribution in [0.25, 0.3) is 0 Å². The van der Waals surface area contributed by atoms with Crippen molar-refractivity contribution in [3.63, 3.8) is 0 Å². The number of hydrogen-bond acceptors (Lipinski definition) is 2. The summed E-state index contributed by atoms with van der Waals surface area (Å²) in [7, 11) is 0. The van der Waals surface area contributed by atoms with Gasteiger partial charge in [-0.3, -0.25) is 4.90 Å². The fraction of sp³-hybridized carbons (Fsp3) is 1.00. The minimum Gasteiger partial charge on any atom is -0.312 e. The molecule has 1 N–H and O–H groups in total. The van der Waals surface area contributed by atoms with Crippen molar-refractivity contribution in [1.82, 2.24) is 10.2 Å². The molecule has 2 saturated carbocycles. The molecule has 1 unspecified atom stereocenters. The van der Waals surface area contributed by atoms with Gasteiger partial charge in [0.15, 0.2) is 0 Å². The summed E-state index contributed by atoms with van der Waals surface area (Å²) in [5.41, 5.74) is 0. The Morgan fingerprint density at radius 2 is 1.71 bits per heavy atom. The average molecular weight is 238 g/mol. The van der Waals surface area contributed by atoms with Crippen LogP contribution in [0.5, 0.6) is 0 Å². The van der Waals surface area contributed by atoms with Gasteiger partial charge in [0, 0.05) is 25.2 Å². The molecule has 2 aliphatic carbocycles. The number of hydrogen-bond donors (Lipinski definition) is 1. The molecular weight excluding hydrogens is 208 g/mol. The number of rotatable bonds is 9. The Bertz CT molecular complexity index is 209. The van der Waals surface area contributed by atoms with E-state index in [-0.39, 0.29) is 0 Å². The number of likely N-dealkylation sites (N-methyl/N-ethyl adjacent to an activating group) is 1. The van der Waals surface area contributed by atoms with Gasteiger partial charge in [-0.15, -0.1) is 0 Å². The van der Waals surface area contributed by atoms with Crippen molar-refractivity contribution >= 4 is 0 Å². The fourth-order valence-electron chi connectivity index (χ4n) is 2.95. The van der Waals surface area contributed by atoms with Crippen LogP contribution in [0, 0.1) is 11.8 Å². The maximum absolute atomic E-state index is 3.85. The monoisotopic (exact) mass is 238 g/mol. The first kappa shape index (κ1) is 13.4. The Morgan fingerprint density at radius 3 is 2.12 bits per heavy atom. The van der Waals surface area contributed by atoms with E-state index in [9.17, 15) is 0 Å². The highest BCUT2D eigenvalue weighted by Gasteiger charge is 2.40. The third-order valence-electron chi connectivity index (χ3n) is 4.66. The van der Waals surface area contributed by atoms with Crippen molar-refractivity contribution in [2.24, 2.45) is 11.8 Å². The molecule has 0 amide bonds. The maximum atomic E-state index is 3.85. The molecule has 0 aliphatic heterocycles. The van der Waals surface area contributed by atoms with Gasteiger partial charge in [0.05, 0.1) is 0 Å². The third-order valence-corrected chi connectivity index (χ3v) is 4.66. The lowest BCUT2D eigenvalue weighted by molar-refractivity contribution is 0.209. The molecule has 0 radical (unpaired) electrons. The molecule has 17 heavy (non-hydrogen) atoms. The minimum atomic E-state index is 0.738. The molecule has 0 bridgehead atoms. The van der Waals surface area contributed by atoms with Gasteiger partial charge in [-0.1, -0.05) is 13.8 Å². The molecule has 2 fully saturated rings. The molecule has 0 saturated heterocycles. The third kappa shape index (κ3) is 3.96. The standard InChI is InChI=1S/C15H30N2/c1-4-12(3)17(5-2)11-10-16-15(13-6-7-13)14-8-9-14/h12-16H,4-11H2,1-3H3. The van der Waals surface area contributed by atoms with E-state index in [1.54, 1.807) is 0 Å². The summed E-state index contributed by atoms with van der Waals surface area (Å²) in [6.07, 6.45) is 7.20. The van der Waals surface area contributed by atoms with Crippen LogP contribution in [-0.4, -0.2) is 36.6 Å². The molecule has 2 heteroatoms. The molecule has 100 valence electrons. The van der Waals surface area contributed by atoms with Crippen LogP contribution in [-0.2, 0) is 0 Å². The summed E-state index contributed by atoms with van der Waals surface area (Å²) >= 11 is 0. The summed E-state index contributed by atoms with van der Waals surface area (Å²) in [5, 5.41) is 3.85. The average Bonchev–Trinajstić information content (AvgIpc) is 3.19. The zero-order chi connectivity index (χ0) is 12.3. The van der Waals surface area contributed by atoms with Crippen LogP contribution in [0.1, 0.15) is 52.9 Å². The predicted molar refractivity (Wildman–Crippen MR) is 74.2 cm³/mol. The van der Waals surface area contributed by atoms with E-state index in [2.05, 4.69) is 31.0 Å². The summed E-state index contributed by atoms with van der Waals surface area (Å²) in [6.45, 7) is 10.5. The first-order valence-electron chi connectivity index (χ1n) is 7.73. The normalized spacial score (nSPS) is 22.4. The van der Waals surface area contributed by atoms with Crippen LogP contribution < -0.4 is 5.32 Å². The van der Waals surface area contributed by atoms with Crippen molar-refractivity contribution in [3.05, 3.63) is 0 Å². The van der Waals surface area contributed by atoms with Crippen LogP contribution in [0.3, 0.4) is 0 Å². The van der Waals surface area contributed by atoms with Gasteiger partial charge in [0.25, 0.3) is 0 Å². The minimum absolute atomic E-state index is 0.738. The van der Waals surface area contributed by atoms with Crippen molar-refractivity contribution in [3.8, 4) is 0 Å². The second-order valence-corrected chi connectivity index (χ2v) is 6.04. The van der Waals surface area contributed by atoms with Gasteiger partial charge in [-0.25, -0.2) is 0 Å². The molecule has 0 aromatic heterocycles. The molecular formula is C15H30N2. The van der Waals surface area contributed by atoms with Gasteiger partial charge in [0.1, 0.15) is 0 Å². The summed E-state index contributed by atoms with van der Waals surface area (Å²) < 4.78 is 0.